The molecule has 1 fully saturated rings. The van der Waals surface area contributed by atoms with Gasteiger partial charge in [0.25, 0.3) is 0 Å². The number of nitrogens with one attached hydrogen (secondary N) is 1. The summed E-state index contributed by atoms with van der Waals surface area (Å²) in [5.41, 5.74) is 4.07. The van der Waals surface area contributed by atoms with Gasteiger partial charge in [-0.3, -0.25) is 11.3 Å². The molecule has 0 aromatic carbocycles. The van der Waals surface area contributed by atoms with E-state index in [1.165, 1.54) is 22.7 Å². The third-order valence-corrected chi connectivity index (χ3v) is 3.97. The summed E-state index contributed by atoms with van der Waals surface area (Å²) in [5, 5.41) is 1.22. The predicted molar refractivity (Wildman–Crippen MR) is 59.1 cm³/mol. The van der Waals surface area contributed by atoms with Gasteiger partial charge >= 0.3 is 0 Å². The molecule has 0 aliphatic heterocycles. The Hall–Kier alpha value is -0.450. The summed E-state index contributed by atoms with van der Waals surface area (Å²) < 4.78 is 0. The molecule has 1 atom stereocenters. The first-order chi connectivity index (χ1) is 6.70. The van der Waals surface area contributed by atoms with Crippen LogP contribution in [0.1, 0.15) is 28.4 Å². The first-order valence-corrected chi connectivity index (χ1v) is 5.91. The Labute approximate surface area is 88.7 Å². The molecule has 1 unspecified atom stereocenters. The van der Waals surface area contributed by atoms with Crippen LogP contribution in [0.4, 0.5) is 0 Å². The fraction of sp³-hybridized carbons (Fsp3) is 0.700. The zero-order valence-corrected chi connectivity index (χ0v) is 9.53. The van der Waals surface area contributed by atoms with Crippen molar-refractivity contribution in [2.24, 2.45) is 11.8 Å². The standard InChI is InChI=1S/C10H17N3S/c1-6-7(2)14-10(12-6)5-9(13-11)8-3-4-8/h8-9,13H,3-5,11H2,1-2H3. The van der Waals surface area contributed by atoms with Crippen LogP contribution in [0.5, 0.6) is 0 Å². The average molecular weight is 211 g/mol. The molecule has 1 aliphatic carbocycles. The van der Waals surface area contributed by atoms with Gasteiger partial charge in [-0.15, -0.1) is 11.3 Å². The van der Waals surface area contributed by atoms with E-state index < -0.39 is 0 Å². The minimum absolute atomic E-state index is 0.431. The van der Waals surface area contributed by atoms with Gasteiger partial charge in [0.05, 0.1) is 10.7 Å². The van der Waals surface area contributed by atoms with Crippen LogP contribution in [0.15, 0.2) is 0 Å². The number of aryl methyl sites for hydroxylation is 2. The molecular formula is C10H17N3S. The molecule has 78 valence electrons. The van der Waals surface area contributed by atoms with Crippen molar-refractivity contribution >= 4 is 11.3 Å². The summed E-state index contributed by atoms with van der Waals surface area (Å²) in [7, 11) is 0. The first-order valence-electron chi connectivity index (χ1n) is 5.09. The van der Waals surface area contributed by atoms with Crippen molar-refractivity contribution < 1.29 is 0 Å². The topological polar surface area (TPSA) is 50.9 Å². The fourth-order valence-electron chi connectivity index (χ4n) is 1.67. The van der Waals surface area contributed by atoms with Crippen molar-refractivity contribution in [3.05, 3.63) is 15.6 Å². The van der Waals surface area contributed by atoms with E-state index in [0.717, 1.165) is 18.0 Å². The smallest absolute Gasteiger partial charge is 0.0947 e. The van der Waals surface area contributed by atoms with Crippen LogP contribution in [0, 0.1) is 19.8 Å². The quantitative estimate of drug-likeness (QED) is 0.587. The maximum absolute atomic E-state index is 5.53. The number of nitrogens with two attached hydrogens (primary N) is 1. The van der Waals surface area contributed by atoms with Crippen LogP contribution >= 0.6 is 11.3 Å². The van der Waals surface area contributed by atoms with Crippen molar-refractivity contribution in [2.45, 2.75) is 39.2 Å². The van der Waals surface area contributed by atoms with Crippen molar-refractivity contribution in [1.29, 1.82) is 0 Å². The third kappa shape index (κ3) is 2.13. The molecule has 3 N–H and O–H groups in total. The minimum Gasteiger partial charge on any atom is -0.271 e. The molecule has 1 aromatic heterocycles. The second-order valence-electron chi connectivity index (χ2n) is 4.06. The average Bonchev–Trinajstić information content (AvgIpc) is 2.92. The van der Waals surface area contributed by atoms with Crippen LogP contribution in [0.3, 0.4) is 0 Å². The Morgan fingerprint density at radius 1 is 1.57 bits per heavy atom. The molecule has 0 amide bonds. The highest BCUT2D eigenvalue weighted by atomic mass is 32.1. The number of nitrogens with zero attached hydrogens (tertiary/aromatic N) is 1. The molecule has 1 heterocycles. The molecule has 1 aromatic rings. The molecule has 14 heavy (non-hydrogen) atoms. The molecular weight excluding hydrogens is 194 g/mol. The Morgan fingerprint density at radius 2 is 2.29 bits per heavy atom. The lowest BCUT2D eigenvalue weighted by Gasteiger charge is -2.12. The SMILES string of the molecule is Cc1nc(CC(NN)C2CC2)sc1C. The van der Waals surface area contributed by atoms with E-state index in [2.05, 4.69) is 24.3 Å². The van der Waals surface area contributed by atoms with Gasteiger partial charge in [0.2, 0.25) is 0 Å². The Morgan fingerprint density at radius 3 is 2.71 bits per heavy atom. The van der Waals surface area contributed by atoms with E-state index in [4.69, 9.17) is 5.84 Å². The summed E-state index contributed by atoms with van der Waals surface area (Å²) in [6.07, 6.45) is 3.62. The largest absolute Gasteiger partial charge is 0.271 e. The van der Waals surface area contributed by atoms with Gasteiger partial charge in [0, 0.05) is 17.3 Å². The van der Waals surface area contributed by atoms with Crippen LogP contribution < -0.4 is 11.3 Å². The van der Waals surface area contributed by atoms with Gasteiger partial charge in [-0.2, -0.15) is 0 Å². The minimum atomic E-state index is 0.431. The van der Waals surface area contributed by atoms with Crippen molar-refractivity contribution in [1.82, 2.24) is 10.4 Å². The van der Waals surface area contributed by atoms with Crippen LogP contribution in [-0.2, 0) is 6.42 Å². The molecule has 1 saturated carbocycles. The van der Waals surface area contributed by atoms with E-state index in [0.29, 0.717) is 6.04 Å². The highest BCUT2D eigenvalue weighted by Gasteiger charge is 2.31. The highest BCUT2D eigenvalue weighted by molar-refractivity contribution is 7.11. The summed E-state index contributed by atoms with van der Waals surface area (Å²) in [4.78, 5) is 5.86. The molecule has 0 radical (unpaired) electrons. The van der Waals surface area contributed by atoms with Gasteiger partial charge < -0.3 is 0 Å². The van der Waals surface area contributed by atoms with E-state index in [9.17, 15) is 0 Å². The molecule has 3 nitrogen and oxygen atoms in total. The monoisotopic (exact) mass is 211 g/mol. The second-order valence-corrected chi connectivity index (χ2v) is 5.35. The summed E-state index contributed by atoms with van der Waals surface area (Å²) in [6, 6.07) is 0.431. The number of hydrogen-bond acceptors (Lipinski definition) is 4. The molecule has 0 spiro atoms. The molecule has 1 aliphatic rings. The normalized spacial score (nSPS) is 18.5. The summed E-state index contributed by atoms with van der Waals surface area (Å²) in [6.45, 7) is 4.19. The second kappa shape index (κ2) is 3.96. The lowest BCUT2D eigenvalue weighted by atomic mass is 10.1. The molecule has 4 heteroatoms. The highest BCUT2D eigenvalue weighted by Crippen LogP contribution is 2.34. The van der Waals surface area contributed by atoms with Crippen molar-refractivity contribution in [2.75, 3.05) is 0 Å². The van der Waals surface area contributed by atoms with Gasteiger partial charge in [0.1, 0.15) is 0 Å². The van der Waals surface area contributed by atoms with Crippen molar-refractivity contribution in [3.8, 4) is 0 Å². The van der Waals surface area contributed by atoms with E-state index >= 15 is 0 Å². The van der Waals surface area contributed by atoms with E-state index in [-0.39, 0.29) is 0 Å². The van der Waals surface area contributed by atoms with E-state index in [1.807, 2.05) is 0 Å². The number of rotatable bonds is 4. The predicted octanol–water partition coefficient (Wildman–Crippen LogP) is 1.54. The first kappa shape index (κ1) is 10.1. The molecule has 0 saturated heterocycles. The maximum atomic E-state index is 5.53. The lowest BCUT2D eigenvalue weighted by molar-refractivity contribution is 0.471. The maximum Gasteiger partial charge on any atom is 0.0947 e. The van der Waals surface area contributed by atoms with Gasteiger partial charge in [-0.05, 0) is 32.6 Å². The zero-order chi connectivity index (χ0) is 10.1. The number of hydrazine groups is 1. The Kier molecular flexibility index (Phi) is 2.85. The summed E-state index contributed by atoms with van der Waals surface area (Å²) >= 11 is 1.80. The zero-order valence-electron chi connectivity index (χ0n) is 8.71. The van der Waals surface area contributed by atoms with Gasteiger partial charge in [-0.25, -0.2) is 4.98 Å². The summed E-state index contributed by atoms with van der Waals surface area (Å²) in [5.74, 6) is 6.32. The number of aromatic nitrogens is 1. The lowest BCUT2D eigenvalue weighted by Crippen LogP contribution is -2.38. The third-order valence-electron chi connectivity index (χ3n) is 2.87. The van der Waals surface area contributed by atoms with Crippen LogP contribution in [0.2, 0.25) is 0 Å². The molecule has 0 bridgehead atoms. The van der Waals surface area contributed by atoms with Crippen LogP contribution in [0.25, 0.3) is 0 Å². The van der Waals surface area contributed by atoms with Crippen LogP contribution in [-0.4, -0.2) is 11.0 Å². The fourth-order valence-corrected chi connectivity index (χ4v) is 2.67. The number of hydrogen-bond donors (Lipinski definition) is 2. The van der Waals surface area contributed by atoms with Gasteiger partial charge in [-0.1, -0.05) is 0 Å². The Balaban J connectivity index is 2.01. The Bertz CT molecular complexity index is 298. The molecule has 2 rings (SSSR count). The van der Waals surface area contributed by atoms with Gasteiger partial charge in [0.15, 0.2) is 0 Å². The van der Waals surface area contributed by atoms with E-state index in [1.54, 1.807) is 11.3 Å². The number of thiazole rings is 1. The van der Waals surface area contributed by atoms with Crippen molar-refractivity contribution in [3.63, 3.8) is 0 Å².